The molecule has 1 N–H and O–H groups in total. The van der Waals surface area contributed by atoms with Crippen LogP contribution in [-0.2, 0) is 6.54 Å². The zero-order chi connectivity index (χ0) is 15.2. The van der Waals surface area contributed by atoms with Crippen molar-refractivity contribution in [3.05, 3.63) is 22.2 Å². The van der Waals surface area contributed by atoms with Crippen molar-refractivity contribution >= 4 is 15.9 Å². The van der Waals surface area contributed by atoms with E-state index in [0.29, 0.717) is 12.6 Å². The second-order valence-corrected chi connectivity index (χ2v) is 6.68. The number of hydrogen-bond donors (Lipinski definition) is 1. The van der Waals surface area contributed by atoms with Gasteiger partial charge < -0.3 is 19.7 Å². The number of rotatable bonds is 6. The van der Waals surface area contributed by atoms with Gasteiger partial charge in [0, 0.05) is 19.0 Å². The summed E-state index contributed by atoms with van der Waals surface area (Å²) in [6.07, 6.45) is 2.06. The fourth-order valence-corrected chi connectivity index (χ4v) is 2.84. The second-order valence-electron chi connectivity index (χ2n) is 5.83. The smallest absolute Gasteiger partial charge is 0.175 e. The predicted octanol–water partition coefficient (Wildman–Crippen LogP) is 3.04. The molecule has 118 valence electrons. The highest BCUT2D eigenvalue weighted by atomic mass is 79.9. The highest BCUT2D eigenvalue weighted by Crippen LogP contribution is 2.38. The lowest BCUT2D eigenvalue weighted by atomic mass is 10.1. The first-order chi connectivity index (χ1) is 10.1. The lowest BCUT2D eigenvalue weighted by molar-refractivity contribution is 0.296. The van der Waals surface area contributed by atoms with E-state index in [9.17, 15) is 0 Å². The summed E-state index contributed by atoms with van der Waals surface area (Å²) in [5.74, 6) is 1.68. The van der Waals surface area contributed by atoms with Gasteiger partial charge in [-0.25, -0.2) is 0 Å². The molecule has 1 aromatic rings. The molecule has 1 atom stereocenters. The van der Waals surface area contributed by atoms with Gasteiger partial charge in [-0.05, 0) is 67.6 Å². The first kappa shape index (κ1) is 16.6. The first-order valence-electron chi connectivity index (χ1n) is 7.52. The topological polar surface area (TPSA) is 33.7 Å². The molecule has 0 aromatic heterocycles. The molecule has 1 aromatic carbocycles. The van der Waals surface area contributed by atoms with E-state index < -0.39 is 0 Å². The molecule has 1 aliphatic heterocycles. The van der Waals surface area contributed by atoms with Gasteiger partial charge in [0.05, 0.1) is 17.7 Å². The number of nitrogens with zero attached hydrogens (tertiary/aromatic N) is 1. The quantitative estimate of drug-likeness (QED) is 0.849. The van der Waals surface area contributed by atoms with Crippen molar-refractivity contribution in [2.45, 2.75) is 32.4 Å². The third kappa shape index (κ3) is 5.16. The van der Waals surface area contributed by atoms with Crippen molar-refractivity contribution in [1.82, 2.24) is 10.2 Å². The molecular formula is C16H25BrN2O2. The van der Waals surface area contributed by atoms with Gasteiger partial charge in [-0.15, -0.1) is 0 Å². The minimum absolute atomic E-state index is 0.488. The summed E-state index contributed by atoms with van der Waals surface area (Å²) in [7, 11) is 4.21. The summed E-state index contributed by atoms with van der Waals surface area (Å²) in [5, 5.41) is 3.56. The summed E-state index contributed by atoms with van der Waals surface area (Å²) in [5.41, 5.74) is 1.21. The largest absolute Gasteiger partial charge is 0.490 e. The average Bonchev–Trinajstić information content (AvgIpc) is 2.68. The molecule has 1 heterocycles. The van der Waals surface area contributed by atoms with E-state index in [0.717, 1.165) is 48.5 Å². The van der Waals surface area contributed by atoms with Crippen molar-refractivity contribution in [3.63, 3.8) is 0 Å². The Balaban J connectivity index is 1.95. The molecule has 2 rings (SSSR count). The van der Waals surface area contributed by atoms with Gasteiger partial charge >= 0.3 is 0 Å². The Morgan fingerprint density at radius 1 is 1.29 bits per heavy atom. The molecule has 21 heavy (non-hydrogen) atoms. The molecule has 4 nitrogen and oxygen atoms in total. The molecular weight excluding hydrogens is 332 g/mol. The van der Waals surface area contributed by atoms with Gasteiger partial charge in [-0.3, -0.25) is 0 Å². The van der Waals surface area contributed by atoms with Crippen LogP contribution in [0.5, 0.6) is 11.5 Å². The summed E-state index contributed by atoms with van der Waals surface area (Å²) >= 11 is 3.58. The highest BCUT2D eigenvalue weighted by Gasteiger charge is 2.15. The maximum Gasteiger partial charge on any atom is 0.175 e. The molecule has 0 aliphatic carbocycles. The summed E-state index contributed by atoms with van der Waals surface area (Å²) in [4.78, 5) is 2.21. The third-order valence-electron chi connectivity index (χ3n) is 3.53. The molecule has 0 bridgehead atoms. The number of benzene rings is 1. The maximum atomic E-state index is 5.77. The zero-order valence-corrected chi connectivity index (χ0v) is 14.7. The van der Waals surface area contributed by atoms with Crippen molar-refractivity contribution < 1.29 is 9.47 Å². The lowest BCUT2D eigenvalue weighted by Gasteiger charge is -2.17. The van der Waals surface area contributed by atoms with Gasteiger partial charge in [0.25, 0.3) is 0 Å². The number of halogens is 1. The van der Waals surface area contributed by atoms with Crippen LogP contribution in [0.15, 0.2) is 16.6 Å². The summed E-state index contributed by atoms with van der Waals surface area (Å²) in [6, 6.07) is 4.68. The molecule has 0 saturated carbocycles. The van der Waals surface area contributed by atoms with Gasteiger partial charge in [-0.1, -0.05) is 0 Å². The summed E-state index contributed by atoms with van der Waals surface area (Å²) < 4.78 is 12.5. The van der Waals surface area contributed by atoms with Gasteiger partial charge in [0.1, 0.15) is 0 Å². The van der Waals surface area contributed by atoms with Gasteiger partial charge in [0.2, 0.25) is 0 Å². The number of fused-ring (bicyclic) bond motifs is 1. The molecule has 0 saturated heterocycles. The third-order valence-corrected chi connectivity index (χ3v) is 4.11. The minimum Gasteiger partial charge on any atom is -0.490 e. The van der Waals surface area contributed by atoms with E-state index in [4.69, 9.17) is 9.47 Å². The molecule has 5 heteroatoms. The molecule has 1 unspecified atom stereocenters. The lowest BCUT2D eigenvalue weighted by Crippen LogP contribution is -2.29. The van der Waals surface area contributed by atoms with E-state index in [1.807, 2.05) is 0 Å². The fraction of sp³-hybridized carbons (Fsp3) is 0.625. The minimum atomic E-state index is 0.488. The Hall–Kier alpha value is -0.780. The van der Waals surface area contributed by atoms with Crippen LogP contribution in [0.4, 0.5) is 0 Å². The Morgan fingerprint density at radius 3 is 2.81 bits per heavy atom. The van der Waals surface area contributed by atoms with E-state index in [1.54, 1.807) is 0 Å². The molecule has 0 spiro atoms. The van der Waals surface area contributed by atoms with Crippen LogP contribution in [0.2, 0.25) is 0 Å². The Bertz CT molecular complexity index is 466. The number of hydrogen-bond acceptors (Lipinski definition) is 4. The van der Waals surface area contributed by atoms with Crippen LogP contribution in [0, 0.1) is 0 Å². The van der Waals surface area contributed by atoms with E-state index in [2.05, 4.69) is 59.3 Å². The average molecular weight is 357 g/mol. The predicted molar refractivity (Wildman–Crippen MR) is 89.2 cm³/mol. The summed E-state index contributed by atoms with van der Waals surface area (Å²) in [6.45, 7) is 5.59. The first-order valence-corrected chi connectivity index (χ1v) is 8.31. The molecule has 0 amide bonds. The normalized spacial score (nSPS) is 15.9. The SMILES string of the molecule is CC(CCN(C)C)NCc1cc(Br)c2c(c1)OCCCO2. The van der Waals surface area contributed by atoms with Gasteiger partial charge in [-0.2, -0.15) is 0 Å². The Morgan fingerprint density at radius 2 is 2.05 bits per heavy atom. The standard InChI is InChI=1S/C16H25BrN2O2/c1-12(5-6-19(2)3)18-11-13-9-14(17)16-15(10-13)20-7-4-8-21-16/h9-10,12,18H,4-8,11H2,1-3H3. The monoisotopic (exact) mass is 356 g/mol. The number of ether oxygens (including phenoxy) is 2. The van der Waals surface area contributed by atoms with E-state index in [-0.39, 0.29) is 0 Å². The van der Waals surface area contributed by atoms with Crippen molar-refractivity contribution in [2.75, 3.05) is 33.9 Å². The maximum absolute atomic E-state index is 5.77. The van der Waals surface area contributed by atoms with Crippen LogP contribution >= 0.6 is 15.9 Å². The van der Waals surface area contributed by atoms with E-state index in [1.165, 1.54) is 5.56 Å². The van der Waals surface area contributed by atoms with E-state index >= 15 is 0 Å². The Kier molecular flexibility index (Phi) is 6.33. The Labute approximate surface area is 135 Å². The van der Waals surface area contributed by atoms with Crippen molar-refractivity contribution in [3.8, 4) is 11.5 Å². The van der Waals surface area contributed by atoms with Crippen LogP contribution < -0.4 is 14.8 Å². The molecule has 1 aliphatic rings. The van der Waals surface area contributed by atoms with Crippen LogP contribution in [-0.4, -0.2) is 44.8 Å². The molecule has 0 radical (unpaired) electrons. The fourth-order valence-electron chi connectivity index (χ4n) is 2.23. The second kappa shape index (κ2) is 8.01. The van der Waals surface area contributed by atoms with Crippen LogP contribution in [0.3, 0.4) is 0 Å². The van der Waals surface area contributed by atoms with Crippen LogP contribution in [0.25, 0.3) is 0 Å². The van der Waals surface area contributed by atoms with Crippen molar-refractivity contribution in [2.24, 2.45) is 0 Å². The van der Waals surface area contributed by atoms with Crippen molar-refractivity contribution in [1.29, 1.82) is 0 Å². The van der Waals surface area contributed by atoms with Gasteiger partial charge in [0.15, 0.2) is 11.5 Å². The molecule has 0 fully saturated rings. The highest BCUT2D eigenvalue weighted by molar-refractivity contribution is 9.10. The van der Waals surface area contributed by atoms with Crippen LogP contribution in [0.1, 0.15) is 25.3 Å². The number of nitrogens with one attached hydrogen (secondary N) is 1. The zero-order valence-electron chi connectivity index (χ0n) is 13.1.